The van der Waals surface area contributed by atoms with Crippen molar-refractivity contribution in [2.45, 2.75) is 83.5 Å². The highest BCUT2D eigenvalue weighted by atomic mass is 14.3. The average Bonchev–Trinajstić information content (AvgIpc) is 2.47. The van der Waals surface area contributed by atoms with Crippen molar-refractivity contribution in [2.75, 3.05) is 0 Å². The smallest absolute Gasteiger partial charge is 0.0134 e. The molecule has 0 heterocycles. The van der Waals surface area contributed by atoms with Crippen LogP contribution < -0.4 is 0 Å². The van der Waals surface area contributed by atoms with E-state index in [2.05, 4.69) is 25.1 Å². The quantitative estimate of drug-likeness (QED) is 0.554. The van der Waals surface area contributed by atoms with Crippen LogP contribution in [0.1, 0.15) is 87.3 Å². The van der Waals surface area contributed by atoms with E-state index in [9.17, 15) is 0 Å². The van der Waals surface area contributed by atoms with Gasteiger partial charge in [0, 0.05) is 0 Å². The highest BCUT2D eigenvalue weighted by molar-refractivity contribution is 5.40. The van der Waals surface area contributed by atoms with Crippen LogP contribution in [-0.2, 0) is 12.8 Å². The highest BCUT2D eigenvalue weighted by Crippen LogP contribution is 2.40. The molecular formula is C20H30. The fourth-order valence-corrected chi connectivity index (χ4v) is 4.27. The standard InChI is InChI=1S/C20H30/c1-2-3-5-10-20(17-8-6-4-7-9-17)19-14-12-16-11-13-18(16)15-19/h12,14-15,17,20H,2-11,13H2,1H3. The molecule has 0 spiro atoms. The SMILES string of the molecule is CCCCCC(c1ccc2c(c1)CC2)C1CCCCC1. The molecule has 2 aliphatic rings. The Labute approximate surface area is 125 Å². The molecule has 1 unspecified atom stereocenters. The predicted octanol–water partition coefficient (Wildman–Crippen LogP) is 6.03. The van der Waals surface area contributed by atoms with Crippen LogP contribution in [-0.4, -0.2) is 0 Å². The van der Waals surface area contributed by atoms with Crippen molar-refractivity contribution in [3.63, 3.8) is 0 Å². The van der Waals surface area contributed by atoms with Gasteiger partial charge in [0.2, 0.25) is 0 Å². The van der Waals surface area contributed by atoms with Crippen molar-refractivity contribution in [3.8, 4) is 0 Å². The van der Waals surface area contributed by atoms with Gasteiger partial charge in [-0.15, -0.1) is 0 Å². The summed E-state index contributed by atoms with van der Waals surface area (Å²) in [5, 5.41) is 0. The molecule has 0 bridgehead atoms. The third-order valence-corrected chi connectivity index (χ3v) is 5.66. The summed E-state index contributed by atoms with van der Waals surface area (Å²) >= 11 is 0. The van der Waals surface area contributed by atoms with Crippen molar-refractivity contribution in [1.82, 2.24) is 0 Å². The van der Waals surface area contributed by atoms with E-state index >= 15 is 0 Å². The van der Waals surface area contributed by atoms with E-state index in [0.717, 1.165) is 11.8 Å². The number of aryl methyl sites for hydroxylation is 2. The fraction of sp³-hybridized carbons (Fsp3) is 0.700. The predicted molar refractivity (Wildman–Crippen MR) is 87.3 cm³/mol. The molecule has 3 rings (SSSR count). The second kappa shape index (κ2) is 6.78. The second-order valence-electron chi connectivity index (χ2n) is 7.03. The summed E-state index contributed by atoms with van der Waals surface area (Å²) in [6, 6.07) is 7.44. The summed E-state index contributed by atoms with van der Waals surface area (Å²) in [4.78, 5) is 0. The molecule has 0 heteroatoms. The summed E-state index contributed by atoms with van der Waals surface area (Å²) in [5.74, 6) is 1.83. The van der Waals surface area contributed by atoms with Crippen LogP contribution >= 0.6 is 0 Å². The molecule has 20 heavy (non-hydrogen) atoms. The zero-order valence-electron chi connectivity index (χ0n) is 13.2. The van der Waals surface area contributed by atoms with Gasteiger partial charge in [-0.2, -0.15) is 0 Å². The summed E-state index contributed by atoms with van der Waals surface area (Å²) in [5.41, 5.74) is 4.94. The minimum atomic E-state index is 0.854. The van der Waals surface area contributed by atoms with Crippen molar-refractivity contribution in [3.05, 3.63) is 34.9 Å². The molecule has 0 radical (unpaired) electrons. The van der Waals surface area contributed by atoms with Crippen LogP contribution in [0.5, 0.6) is 0 Å². The Morgan fingerprint density at radius 3 is 2.45 bits per heavy atom. The van der Waals surface area contributed by atoms with E-state index in [1.165, 1.54) is 70.6 Å². The molecule has 0 aromatic heterocycles. The number of benzene rings is 1. The molecule has 1 aromatic rings. The van der Waals surface area contributed by atoms with Gasteiger partial charge in [0.1, 0.15) is 0 Å². The van der Waals surface area contributed by atoms with Crippen LogP contribution in [0.25, 0.3) is 0 Å². The van der Waals surface area contributed by atoms with Gasteiger partial charge in [0.05, 0.1) is 0 Å². The number of rotatable bonds is 6. The van der Waals surface area contributed by atoms with E-state index in [1.54, 1.807) is 16.7 Å². The van der Waals surface area contributed by atoms with Crippen molar-refractivity contribution < 1.29 is 0 Å². The first-order valence-corrected chi connectivity index (χ1v) is 9.00. The zero-order chi connectivity index (χ0) is 13.8. The lowest BCUT2D eigenvalue weighted by Gasteiger charge is -2.32. The van der Waals surface area contributed by atoms with Gasteiger partial charge in [-0.25, -0.2) is 0 Å². The minimum absolute atomic E-state index is 0.854. The number of fused-ring (bicyclic) bond motifs is 1. The Hall–Kier alpha value is -0.780. The summed E-state index contributed by atoms with van der Waals surface area (Å²) in [7, 11) is 0. The summed E-state index contributed by atoms with van der Waals surface area (Å²) in [6.07, 6.45) is 15.6. The molecule has 1 fully saturated rings. The summed E-state index contributed by atoms with van der Waals surface area (Å²) < 4.78 is 0. The molecule has 110 valence electrons. The van der Waals surface area contributed by atoms with E-state index in [0.29, 0.717) is 0 Å². The van der Waals surface area contributed by atoms with Gasteiger partial charge in [-0.3, -0.25) is 0 Å². The zero-order valence-corrected chi connectivity index (χ0v) is 13.2. The molecule has 1 atom stereocenters. The number of hydrogen-bond acceptors (Lipinski definition) is 0. The third kappa shape index (κ3) is 3.10. The second-order valence-corrected chi connectivity index (χ2v) is 7.03. The highest BCUT2D eigenvalue weighted by Gasteiger charge is 2.26. The largest absolute Gasteiger partial charge is 0.0654 e. The lowest BCUT2D eigenvalue weighted by molar-refractivity contribution is 0.289. The molecule has 0 aliphatic heterocycles. The Bertz CT molecular complexity index is 426. The van der Waals surface area contributed by atoms with Crippen molar-refractivity contribution in [1.29, 1.82) is 0 Å². The Balaban J connectivity index is 1.73. The molecule has 0 N–H and O–H groups in total. The van der Waals surface area contributed by atoms with E-state index in [1.807, 2.05) is 0 Å². The van der Waals surface area contributed by atoms with Crippen LogP contribution in [0.3, 0.4) is 0 Å². The minimum Gasteiger partial charge on any atom is -0.0654 e. The molecular weight excluding hydrogens is 240 g/mol. The summed E-state index contributed by atoms with van der Waals surface area (Å²) in [6.45, 7) is 2.32. The van der Waals surface area contributed by atoms with Gasteiger partial charge in [-0.1, -0.05) is 63.6 Å². The molecule has 0 nitrogen and oxygen atoms in total. The maximum Gasteiger partial charge on any atom is -0.0134 e. The normalized spacial score (nSPS) is 20.2. The van der Waals surface area contributed by atoms with Gasteiger partial charge in [0.15, 0.2) is 0 Å². The lowest BCUT2D eigenvalue weighted by Crippen LogP contribution is -2.18. The van der Waals surface area contributed by atoms with Crippen LogP contribution in [0.15, 0.2) is 18.2 Å². The van der Waals surface area contributed by atoms with E-state index in [-0.39, 0.29) is 0 Å². The average molecular weight is 270 g/mol. The maximum atomic E-state index is 2.56. The van der Waals surface area contributed by atoms with Gasteiger partial charge in [0.25, 0.3) is 0 Å². The molecule has 1 aromatic carbocycles. The van der Waals surface area contributed by atoms with Crippen LogP contribution in [0.4, 0.5) is 0 Å². The molecule has 1 saturated carbocycles. The first-order valence-electron chi connectivity index (χ1n) is 9.00. The van der Waals surface area contributed by atoms with Gasteiger partial charge >= 0.3 is 0 Å². The molecule has 0 saturated heterocycles. The molecule has 0 amide bonds. The third-order valence-electron chi connectivity index (χ3n) is 5.66. The lowest BCUT2D eigenvalue weighted by atomic mass is 9.73. The first kappa shape index (κ1) is 14.2. The van der Waals surface area contributed by atoms with E-state index < -0.39 is 0 Å². The Morgan fingerprint density at radius 2 is 1.80 bits per heavy atom. The number of unbranched alkanes of at least 4 members (excludes halogenated alkanes) is 2. The number of hydrogen-bond donors (Lipinski definition) is 0. The van der Waals surface area contributed by atoms with Crippen molar-refractivity contribution in [2.24, 2.45) is 5.92 Å². The van der Waals surface area contributed by atoms with Gasteiger partial charge < -0.3 is 0 Å². The van der Waals surface area contributed by atoms with Crippen LogP contribution in [0.2, 0.25) is 0 Å². The Kier molecular flexibility index (Phi) is 4.81. The molecule has 2 aliphatic carbocycles. The monoisotopic (exact) mass is 270 g/mol. The van der Waals surface area contributed by atoms with Gasteiger partial charge in [-0.05, 0) is 60.6 Å². The van der Waals surface area contributed by atoms with Crippen LogP contribution in [0, 0.1) is 5.92 Å². The topological polar surface area (TPSA) is 0 Å². The van der Waals surface area contributed by atoms with Crippen molar-refractivity contribution >= 4 is 0 Å². The first-order chi connectivity index (χ1) is 9.88. The van der Waals surface area contributed by atoms with E-state index in [4.69, 9.17) is 0 Å². The fourth-order valence-electron chi connectivity index (χ4n) is 4.27. The Morgan fingerprint density at radius 1 is 1.00 bits per heavy atom. The maximum absolute atomic E-state index is 2.56.